The van der Waals surface area contributed by atoms with Crippen LogP contribution in [0.25, 0.3) is 16.8 Å². The number of rotatable bonds is 3. The fourth-order valence-electron chi connectivity index (χ4n) is 3.17. The fourth-order valence-corrected chi connectivity index (χ4v) is 4.63. The number of fused-ring (bicyclic) bond motifs is 2. The smallest absolute Gasteiger partial charge is 0.320 e. The topological polar surface area (TPSA) is 43.4 Å². The van der Waals surface area contributed by atoms with Gasteiger partial charge in [-0.05, 0) is 28.2 Å². The molecule has 3 aromatic rings. The van der Waals surface area contributed by atoms with Crippen LogP contribution < -0.4 is 4.18 Å². The molecule has 1 aliphatic rings. The average molecular weight is 371 g/mol. The van der Waals surface area contributed by atoms with Gasteiger partial charge in [0.1, 0.15) is 11.0 Å². The van der Waals surface area contributed by atoms with E-state index in [9.17, 15) is 8.42 Å². The molecule has 0 bridgehead atoms. The molecule has 3 nitrogen and oxygen atoms in total. The summed E-state index contributed by atoms with van der Waals surface area (Å²) in [5, 5.41) is 0.782. The summed E-state index contributed by atoms with van der Waals surface area (Å²) in [4.78, 5) is 0. The van der Waals surface area contributed by atoms with E-state index in [-0.39, 0.29) is 29.6 Å². The number of hydrogen-bond donors (Lipinski definition) is 0. The maximum absolute atomic E-state index is 13.1. The van der Waals surface area contributed by atoms with Crippen molar-refractivity contribution in [1.82, 2.24) is 0 Å². The van der Waals surface area contributed by atoms with Crippen LogP contribution >= 0.6 is 0 Å². The SMILES string of the molecule is C=C1C=Cc2ccccc2C1S(=O)(=O)Oc1cccc2ccccc12.[Na]. The van der Waals surface area contributed by atoms with Gasteiger partial charge in [-0.1, -0.05) is 79.4 Å². The third-order valence-corrected chi connectivity index (χ3v) is 5.88. The summed E-state index contributed by atoms with van der Waals surface area (Å²) in [5.74, 6) is 0.331. The minimum Gasteiger partial charge on any atom is -0.381 e. The van der Waals surface area contributed by atoms with Crippen molar-refractivity contribution in [3.05, 3.63) is 96.1 Å². The van der Waals surface area contributed by atoms with E-state index in [4.69, 9.17) is 4.18 Å². The summed E-state index contributed by atoms with van der Waals surface area (Å²) in [7, 11) is -3.94. The van der Waals surface area contributed by atoms with Crippen molar-refractivity contribution in [3.8, 4) is 5.75 Å². The van der Waals surface area contributed by atoms with Crippen LogP contribution in [0.5, 0.6) is 5.75 Å². The molecule has 0 saturated carbocycles. The van der Waals surface area contributed by atoms with Crippen molar-refractivity contribution in [2.24, 2.45) is 0 Å². The van der Waals surface area contributed by atoms with E-state index >= 15 is 0 Å². The molecule has 0 fully saturated rings. The summed E-state index contributed by atoms with van der Waals surface area (Å²) in [6.45, 7) is 3.92. The quantitative estimate of drug-likeness (QED) is 0.503. The molecule has 3 aromatic carbocycles. The summed E-state index contributed by atoms with van der Waals surface area (Å²) < 4.78 is 31.7. The molecule has 1 aliphatic carbocycles. The Bertz CT molecular complexity index is 1110. The summed E-state index contributed by atoms with van der Waals surface area (Å²) in [5.41, 5.74) is 2.05. The van der Waals surface area contributed by atoms with E-state index in [2.05, 4.69) is 6.58 Å². The molecular weight excluding hydrogens is 355 g/mol. The largest absolute Gasteiger partial charge is 0.381 e. The zero-order valence-corrected chi connectivity index (χ0v) is 17.2. The van der Waals surface area contributed by atoms with E-state index in [1.165, 1.54) is 0 Å². The van der Waals surface area contributed by atoms with Crippen LogP contribution in [0.1, 0.15) is 16.4 Å². The van der Waals surface area contributed by atoms with Gasteiger partial charge in [0.2, 0.25) is 0 Å². The van der Waals surface area contributed by atoms with Crippen molar-refractivity contribution in [2.45, 2.75) is 5.25 Å². The Hall–Kier alpha value is -1.85. The molecule has 0 N–H and O–H groups in total. The minimum atomic E-state index is -3.94. The number of allylic oxidation sites excluding steroid dienone is 1. The zero-order valence-electron chi connectivity index (χ0n) is 14.4. The van der Waals surface area contributed by atoms with Gasteiger partial charge in [0.25, 0.3) is 0 Å². The Morgan fingerprint density at radius 3 is 2.38 bits per heavy atom. The monoisotopic (exact) mass is 371 g/mol. The predicted octanol–water partition coefficient (Wildman–Crippen LogP) is 4.49. The van der Waals surface area contributed by atoms with Crippen LogP contribution in [0.2, 0.25) is 0 Å². The van der Waals surface area contributed by atoms with Crippen LogP contribution in [0, 0.1) is 0 Å². The Balaban J connectivity index is 0.00000196. The molecule has 125 valence electrons. The Morgan fingerprint density at radius 1 is 0.846 bits per heavy atom. The van der Waals surface area contributed by atoms with Crippen LogP contribution in [-0.4, -0.2) is 38.0 Å². The second-order valence-electron chi connectivity index (χ2n) is 5.97. The third-order valence-electron chi connectivity index (χ3n) is 4.34. The molecule has 1 unspecified atom stereocenters. The van der Waals surface area contributed by atoms with Crippen molar-refractivity contribution in [1.29, 1.82) is 0 Å². The maximum atomic E-state index is 13.1. The Morgan fingerprint density at radius 2 is 1.54 bits per heavy atom. The first-order valence-electron chi connectivity index (χ1n) is 7.93. The van der Waals surface area contributed by atoms with E-state index in [0.717, 1.165) is 16.3 Å². The second kappa shape index (κ2) is 7.41. The molecule has 26 heavy (non-hydrogen) atoms. The normalized spacial score (nSPS) is 16.0. The molecule has 0 aromatic heterocycles. The molecule has 4 rings (SSSR count). The van der Waals surface area contributed by atoms with Crippen LogP contribution in [0.15, 0.2) is 85.0 Å². The van der Waals surface area contributed by atoms with Gasteiger partial charge >= 0.3 is 10.1 Å². The first kappa shape index (κ1) is 18.9. The summed E-state index contributed by atoms with van der Waals surface area (Å²) >= 11 is 0. The standard InChI is InChI=1S/C21H16O3S.Na/c1-15-13-14-17-8-3-5-11-19(17)21(15)25(22,23)24-20-12-6-9-16-7-2-4-10-18(16)20;/h2-14,21H,1H2;. The summed E-state index contributed by atoms with van der Waals surface area (Å²) in [6.07, 6.45) is 3.61. The molecule has 0 spiro atoms. The van der Waals surface area contributed by atoms with Gasteiger partial charge in [0.05, 0.1) is 0 Å². The van der Waals surface area contributed by atoms with E-state index in [1.54, 1.807) is 24.3 Å². The van der Waals surface area contributed by atoms with Crippen LogP contribution in [0.4, 0.5) is 0 Å². The fraction of sp³-hybridized carbons (Fsp3) is 0.0476. The van der Waals surface area contributed by atoms with Gasteiger partial charge in [0.15, 0.2) is 0 Å². The van der Waals surface area contributed by atoms with E-state index in [0.29, 0.717) is 16.9 Å². The van der Waals surface area contributed by atoms with Crippen molar-refractivity contribution in [3.63, 3.8) is 0 Å². The molecule has 1 radical (unpaired) electrons. The molecule has 0 heterocycles. The van der Waals surface area contributed by atoms with Crippen molar-refractivity contribution < 1.29 is 12.6 Å². The predicted molar refractivity (Wildman–Crippen MR) is 107 cm³/mol. The van der Waals surface area contributed by atoms with Gasteiger partial charge in [-0.3, -0.25) is 0 Å². The molecule has 5 heteroatoms. The van der Waals surface area contributed by atoms with Gasteiger partial charge in [0, 0.05) is 34.9 Å². The minimum absolute atomic E-state index is 0. The molecule has 0 amide bonds. The van der Waals surface area contributed by atoms with Crippen LogP contribution in [0.3, 0.4) is 0 Å². The van der Waals surface area contributed by atoms with Crippen molar-refractivity contribution in [2.75, 3.05) is 0 Å². The van der Waals surface area contributed by atoms with E-state index in [1.807, 2.05) is 54.6 Å². The molecular formula is C21H16NaO3S. The summed E-state index contributed by atoms with van der Waals surface area (Å²) in [6, 6.07) is 20.3. The Kier molecular flexibility index (Phi) is 5.39. The number of hydrogen-bond acceptors (Lipinski definition) is 3. The van der Waals surface area contributed by atoms with Gasteiger partial charge < -0.3 is 4.18 Å². The first-order valence-corrected chi connectivity index (χ1v) is 9.40. The third kappa shape index (κ3) is 3.38. The van der Waals surface area contributed by atoms with Gasteiger partial charge in [-0.2, -0.15) is 8.42 Å². The maximum Gasteiger partial charge on any atom is 0.320 e. The molecule has 0 aliphatic heterocycles. The zero-order chi connectivity index (χ0) is 17.4. The molecule has 0 saturated heterocycles. The second-order valence-corrected chi connectivity index (χ2v) is 7.59. The Labute approximate surface area is 175 Å². The van der Waals surface area contributed by atoms with Crippen LogP contribution in [-0.2, 0) is 10.1 Å². The average Bonchev–Trinajstić information content (AvgIpc) is 2.61. The van der Waals surface area contributed by atoms with Crippen molar-refractivity contribution >= 4 is 56.5 Å². The van der Waals surface area contributed by atoms with Gasteiger partial charge in [-0.25, -0.2) is 0 Å². The molecule has 1 atom stereocenters. The van der Waals surface area contributed by atoms with E-state index < -0.39 is 15.4 Å². The van der Waals surface area contributed by atoms with Gasteiger partial charge in [-0.15, -0.1) is 0 Å². The first-order chi connectivity index (χ1) is 12.1. The number of benzene rings is 3.